The molecule has 158 valence electrons. The van der Waals surface area contributed by atoms with Crippen LogP contribution in [0.3, 0.4) is 0 Å². The molecular weight excluding hydrogens is 531 g/mol. The molecule has 0 aromatic heterocycles. The number of nitrogens with zero attached hydrogens (tertiary/aromatic N) is 2. The molecule has 0 N–H and O–H groups in total. The Morgan fingerprint density at radius 2 is 2.03 bits per heavy atom. The molecule has 3 rings (SSSR count). The Balaban J connectivity index is 1.73. The Kier molecular flexibility index (Phi) is 7.70. The first-order chi connectivity index (χ1) is 14.9. The lowest BCUT2D eigenvalue weighted by molar-refractivity contribution is -0.145. The van der Waals surface area contributed by atoms with E-state index < -0.39 is 11.9 Å². The number of benzene rings is 2. The first kappa shape index (κ1) is 22.8. The third-order valence-electron chi connectivity index (χ3n) is 4.24. The van der Waals surface area contributed by atoms with Crippen molar-refractivity contribution in [1.82, 2.24) is 4.90 Å². The predicted molar refractivity (Wildman–Crippen MR) is 124 cm³/mol. The molecule has 1 saturated heterocycles. The molecule has 0 bridgehead atoms. The van der Waals surface area contributed by atoms with Crippen molar-refractivity contribution >= 4 is 57.5 Å². The Morgan fingerprint density at radius 3 is 2.74 bits per heavy atom. The minimum absolute atomic E-state index is 0.0455. The van der Waals surface area contributed by atoms with E-state index in [-0.39, 0.29) is 25.0 Å². The molecule has 1 aliphatic heterocycles. The van der Waals surface area contributed by atoms with Crippen LogP contribution in [0, 0.1) is 14.9 Å². The average molecular weight is 548 g/mol. The number of esters is 1. The van der Waals surface area contributed by atoms with Gasteiger partial charge in [0.25, 0.3) is 11.1 Å². The molecule has 1 aliphatic rings. The van der Waals surface area contributed by atoms with E-state index in [1.807, 2.05) is 0 Å². The summed E-state index contributed by atoms with van der Waals surface area (Å²) in [7, 11) is 0. The number of imide groups is 1. The quantitative estimate of drug-likeness (QED) is 0.289. The Labute approximate surface area is 197 Å². The van der Waals surface area contributed by atoms with Gasteiger partial charge in [-0.15, -0.1) is 0 Å². The summed E-state index contributed by atoms with van der Waals surface area (Å²) in [5.41, 5.74) is 1.76. The maximum atomic E-state index is 12.8. The molecule has 0 atom stereocenters. The fourth-order valence-corrected chi connectivity index (χ4v) is 4.32. The van der Waals surface area contributed by atoms with Crippen molar-refractivity contribution in [1.29, 1.82) is 5.26 Å². The molecule has 2 amide bonds. The van der Waals surface area contributed by atoms with Crippen molar-refractivity contribution in [2.75, 3.05) is 13.2 Å². The highest BCUT2D eigenvalue weighted by Crippen LogP contribution is 2.34. The first-order valence-electron chi connectivity index (χ1n) is 9.24. The van der Waals surface area contributed by atoms with Crippen LogP contribution in [0.2, 0.25) is 0 Å². The van der Waals surface area contributed by atoms with E-state index in [0.717, 1.165) is 25.8 Å². The summed E-state index contributed by atoms with van der Waals surface area (Å²) in [6.45, 7) is 1.87. The molecule has 9 heteroatoms. The fraction of sp³-hybridized carbons (Fsp3) is 0.182. The maximum Gasteiger partial charge on any atom is 0.344 e. The number of nitriles is 1. The standard InChI is InChI=1S/C22H17IN2O5S/c1-2-29-20(26)13-30-18-8-7-14(9-17(18)23)10-19-21(27)25(22(28)31-19)12-16-6-4-3-5-15(16)11-24/h3-10H,2,12-13H2,1H3/b19-10+. The van der Waals surface area contributed by atoms with Crippen molar-refractivity contribution in [2.45, 2.75) is 13.5 Å². The van der Waals surface area contributed by atoms with Crippen molar-refractivity contribution in [3.63, 3.8) is 0 Å². The summed E-state index contributed by atoms with van der Waals surface area (Å²) in [5.74, 6) is -0.332. The second-order valence-electron chi connectivity index (χ2n) is 6.32. The molecule has 31 heavy (non-hydrogen) atoms. The molecule has 1 fully saturated rings. The molecule has 0 radical (unpaired) electrons. The van der Waals surface area contributed by atoms with Gasteiger partial charge in [0.15, 0.2) is 6.61 Å². The van der Waals surface area contributed by atoms with Gasteiger partial charge in [0, 0.05) is 0 Å². The molecule has 7 nitrogen and oxygen atoms in total. The Bertz CT molecular complexity index is 1110. The summed E-state index contributed by atoms with van der Waals surface area (Å²) < 4.78 is 11.0. The molecule has 0 spiro atoms. The average Bonchev–Trinajstić information content (AvgIpc) is 3.01. The van der Waals surface area contributed by atoms with E-state index in [1.165, 1.54) is 0 Å². The molecule has 0 saturated carbocycles. The molecule has 2 aromatic carbocycles. The third-order valence-corrected chi connectivity index (χ3v) is 5.99. The second kappa shape index (κ2) is 10.5. The number of hydrogen-bond acceptors (Lipinski definition) is 7. The number of hydrogen-bond donors (Lipinski definition) is 0. The summed E-state index contributed by atoms with van der Waals surface area (Å²) in [6, 6.07) is 14.2. The molecule has 0 unspecified atom stereocenters. The van der Waals surface area contributed by atoms with Crippen LogP contribution < -0.4 is 4.74 Å². The van der Waals surface area contributed by atoms with Gasteiger partial charge in [-0.25, -0.2) is 4.79 Å². The summed E-state index contributed by atoms with van der Waals surface area (Å²) >= 11 is 2.93. The second-order valence-corrected chi connectivity index (χ2v) is 8.48. The number of thioether (sulfide) groups is 1. The van der Waals surface area contributed by atoms with Gasteiger partial charge in [0.05, 0.1) is 33.3 Å². The van der Waals surface area contributed by atoms with Crippen LogP contribution in [0.25, 0.3) is 6.08 Å². The third kappa shape index (κ3) is 5.65. The lowest BCUT2D eigenvalue weighted by Gasteiger charge is -2.13. The molecule has 0 aliphatic carbocycles. The van der Waals surface area contributed by atoms with Gasteiger partial charge < -0.3 is 9.47 Å². The summed E-state index contributed by atoms with van der Waals surface area (Å²) in [4.78, 5) is 38.0. The number of carbonyl (C=O) groups is 3. The first-order valence-corrected chi connectivity index (χ1v) is 11.1. The van der Waals surface area contributed by atoms with E-state index in [9.17, 15) is 19.6 Å². The van der Waals surface area contributed by atoms with Gasteiger partial charge in [-0.1, -0.05) is 24.3 Å². The van der Waals surface area contributed by atoms with E-state index in [4.69, 9.17) is 9.47 Å². The van der Waals surface area contributed by atoms with E-state index in [2.05, 4.69) is 28.7 Å². The van der Waals surface area contributed by atoms with Crippen molar-refractivity contribution < 1.29 is 23.9 Å². The van der Waals surface area contributed by atoms with Crippen molar-refractivity contribution in [3.05, 3.63) is 67.6 Å². The monoisotopic (exact) mass is 548 g/mol. The van der Waals surface area contributed by atoms with Crippen LogP contribution >= 0.6 is 34.4 Å². The number of amides is 2. The van der Waals surface area contributed by atoms with Gasteiger partial charge in [-0.05, 0) is 76.7 Å². The Morgan fingerprint density at radius 1 is 1.26 bits per heavy atom. The van der Waals surface area contributed by atoms with Crippen LogP contribution in [0.5, 0.6) is 5.75 Å². The van der Waals surface area contributed by atoms with Crippen molar-refractivity contribution in [2.24, 2.45) is 0 Å². The largest absolute Gasteiger partial charge is 0.481 e. The summed E-state index contributed by atoms with van der Waals surface area (Å²) in [5, 5.41) is 8.84. The van der Waals surface area contributed by atoms with Crippen LogP contribution in [0.4, 0.5) is 4.79 Å². The summed E-state index contributed by atoms with van der Waals surface area (Å²) in [6.07, 6.45) is 1.64. The fourth-order valence-electron chi connectivity index (χ4n) is 2.79. The van der Waals surface area contributed by atoms with E-state index in [1.54, 1.807) is 55.5 Å². The van der Waals surface area contributed by atoms with Gasteiger partial charge in [-0.3, -0.25) is 14.5 Å². The van der Waals surface area contributed by atoms with Crippen LogP contribution in [0.1, 0.15) is 23.6 Å². The van der Waals surface area contributed by atoms with E-state index in [0.29, 0.717) is 21.8 Å². The highest BCUT2D eigenvalue weighted by atomic mass is 127. The van der Waals surface area contributed by atoms with Gasteiger partial charge in [0.1, 0.15) is 5.75 Å². The van der Waals surface area contributed by atoms with Crippen molar-refractivity contribution in [3.8, 4) is 11.8 Å². The number of halogens is 1. The number of ether oxygens (including phenoxy) is 2. The van der Waals surface area contributed by atoms with E-state index >= 15 is 0 Å². The topological polar surface area (TPSA) is 96.7 Å². The molecular formula is C22H17IN2O5S. The predicted octanol–water partition coefficient (Wildman–Crippen LogP) is 4.34. The minimum atomic E-state index is -0.450. The Hall–Kier alpha value is -2.84. The highest BCUT2D eigenvalue weighted by molar-refractivity contribution is 14.1. The normalized spacial score (nSPS) is 14.6. The zero-order valence-corrected chi connectivity index (χ0v) is 19.4. The van der Waals surface area contributed by atoms with Gasteiger partial charge >= 0.3 is 5.97 Å². The van der Waals surface area contributed by atoms with Gasteiger partial charge in [0.2, 0.25) is 0 Å². The van der Waals surface area contributed by atoms with Crippen LogP contribution in [0.15, 0.2) is 47.4 Å². The molecule has 2 aromatic rings. The molecule has 1 heterocycles. The zero-order chi connectivity index (χ0) is 22.4. The van der Waals surface area contributed by atoms with Crippen LogP contribution in [-0.2, 0) is 20.9 Å². The minimum Gasteiger partial charge on any atom is -0.481 e. The van der Waals surface area contributed by atoms with Gasteiger partial charge in [-0.2, -0.15) is 5.26 Å². The highest BCUT2D eigenvalue weighted by Gasteiger charge is 2.35. The zero-order valence-electron chi connectivity index (χ0n) is 16.5. The SMILES string of the molecule is CCOC(=O)COc1ccc(/C=C2/SC(=O)N(Cc3ccccc3C#N)C2=O)cc1I. The van der Waals surface area contributed by atoms with Crippen LogP contribution in [-0.4, -0.2) is 35.2 Å². The lowest BCUT2D eigenvalue weighted by Crippen LogP contribution is -2.27. The number of carbonyl (C=O) groups excluding carboxylic acids is 3. The maximum absolute atomic E-state index is 12.8. The lowest BCUT2D eigenvalue weighted by atomic mass is 10.1. The smallest absolute Gasteiger partial charge is 0.344 e. The number of rotatable bonds is 7.